The molecule has 0 fully saturated rings. The molecule has 0 aromatic heterocycles. The first-order valence-corrected chi connectivity index (χ1v) is 5.01. The van der Waals surface area contributed by atoms with Gasteiger partial charge in [0.1, 0.15) is 6.04 Å². The van der Waals surface area contributed by atoms with Crippen LogP contribution in [-0.4, -0.2) is 13.1 Å². The second-order valence-corrected chi connectivity index (χ2v) is 3.96. The van der Waals surface area contributed by atoms with Crippen molar-refractivity contribution in [3.8, 4) is 0 Å². The van der Waals surface area contributed by atoms with E-state index in [0.29, 0.717) is 10.6 Å². The lowest BCUT2D eigenvalue weighted by atomic mass is 10.1. The minimum absolute atomic E-state index is 0. The highest BCUT2D eigenvalue weighted by Crippen LogP contribution is 2.26. The fraction of sp³-hybridized carbons (Fsp3) is 0.222. The van der Waals surface area contributed by atoms with Gasteiger partial charge in [0.05, 0.1) is 7.11 Å². The number of benzene rings is 1. The van der Waals surface area contributed by atoms with E-state index in [1.807, 2.05) is 0 Å². The van der Waals surface area contributed by atoms with E-state index in [-0.39, 0.29) is 12.4 Å². The van der Waals surface area contributed by atoms with Crippen LogP contribution < -0.4 is 5.73 Å². The predicted molar refractivity (Wildman–Crippen MR) is 65.3 cm³/mol. The molecule has 15 heavy (non-hydrogen) atoms. The number of methoxy groups -OCH3 is 1. The zero-order chi connectivity index (χ0) is 10.7. The van der Waals surface area contributed by atoms with E-state index in [4.69, 9.17) is 17.3 Å². The van der Waals surface area contributed by atoms with Gasteiger partial charge in [-0.15, -0.1) is 12.4 Å². The standard InChI is InChI=1S/C9H9BrClNO2.ClH/c1-14-9(13)8(12)6-4-5(11)2-3-7(6)10;/h2-4,8H,12H2,1H3;1H/t8-;/m0./s1. The van der Waals surface area contributed by atoms with Gasteiger partial charge in [-0.05, 0) is 23.8 Å². The van der Waals surface area contributed by atoms with E-state index in [1.54, 1.807) is 18.2 Å². The molecule has 0 aliphatic carbocycles. The molecule has 0 heterocycles. The molecule has 0 spiro atoms. The first-order valence-electron chi connectivity index (χ1n) is 3.84. The number of rotatable bonds is 2. The predicted octanol–water partition coefficient (Wildman–Crippen LogP) is 2.70. The molecule has 0 amide bonds. The summed E-state index contributed by atoms with van der Waals surface area (Å²) in [5.74, 6) is -0.493. The van der Waals surface area contributed by atoms with Gasteiger partial charge in [-0.2, -0.15) is 0 Å². The fourth-order valence-corrected chi connectivity index (χ4v) is 1.68. The van der Waals surface area contributed by atoms with E-state index in [9.17, 15) is 4.79 Å². The summed E-state index contributed by atoms with van der Waals surface area (Å²) in [6.45, 7) is 0. The number of halogens is 3. The first-order chi connectivity index (χ1) is 6.56. The third-order valence-corrected chi connectivity index (χ3v) is 2.71. The molecule has 0 radical (unpaired) electrons. The Morgan fingerprint density at radius 1 is 1.60 bits per heavy atom. The smallest absolute Gasteiger partial charge is 0.327 e. The van der Waals surface area contributed by atoms with Gasteiger partial charge >= 0.3 is 5.97 Å². The Bertz CT molecular complexity index is 360. The van der Waals surface area contributed by atoms with Crippen LogP contribution in [-0.2, 0) is 9.53 Å². The summed E-state index contributed by atoms with van der Waals surface area (Å²) in [6, 6.07) is 4.26. The molecule has 1 aromatic carbocycles. The molecule has 1 aromatic rings. The fourth-order valence-electron chi connectivity index (χ4n) is 1.01. The van der Waals surface area contributed by atoms with Gasteiger partial charge in [0.25, 0.3) is 0 Å². The summed E-state index contributed by atoms with van der Waals surface area (Å²) in [4.78, 5) is 11.2. The lowest BCUT2D eigenvalue weighted by Crippen LogP contribution is -2.22. The maximum Gasteiger partial charge on any atom is 0.327 e. The zero-order valence-corrected chi connectivity index (χ0v) is 11.0. The molecule has 3 nitrogen and oxygen atoms in total. The average Bonchev–Trinajstić information content (AvgIpc) is 2.19. The number of nitrogens with two attached hydrogens (primary N) is 1. The lowest BCUT2D eigenvalue weighted by molar-refractivity contribution is -0.142. The summed E-state index contributed by atoms with van der Waals surface area (Å²) in [5, 5.41) is 0.530. The first kappa shape index (κ1) is 14.7. The number of ether oxygens (including phenoxy) is 1. The van der Waals surface area contributed by atoms with E-state index in [2.05, 4.69) is 20.7 Å². The second-order valence-electron chi connectivity index (χ2n) is 2.67. The highest BCUT2D eigenvalue weighted by atomic mass is 79.9. The highest BCUT2D eigenvalue weighted by Gasteiger charge is 2.18. The van der Waals surface area contributed by atoms with Crippen molar-refractivity contribution >= 4 is 45.9 Å². The molecule has 6 heteroatoms. The molecule has 1 atom stereocenters. The Kier molecular flexibility index (Phi) is 6.20. The Morgan fingerprint density at radius 2 is 2.20 bits per heavy atom. The molecular weight excluding hydrogens is 305 g/mol. The van der Waals surface area contributed by atoms with E-state index in [0.717, 1.165) is 4.47 Å². The Labute approximate surface area is 107 Å². The highest BCUT2D eigenvalue weighted by molar-refractivity contribution is 9.10. The largest absolute Gasteiger partial charge is 0.468 e. The van der Waals surface area contributed by atoms with Crippen molar-refractivity contribution in [2.24, 2.45) is 5.73 Å². The summed E-state index contributed by atoms with van der Waals surface area (Å²) in [7, 11) is 1.29. The zero-order valence-electron chi connectivity index (χ0n) is 7.87. The van der Waals surface area contributed by atoms with Crippen molar-refractivity contribution in [1.29, 1.82) is 0 Å². The number of esters is 1. The minimum atomic E-state index is -0.812. The van der Waals surface area contributed by atoms with Crippen LogP contribution in [0.1, 0.15) is 11.6 Å². The average molecular weight is 315 g/mol. The molecule has 0 saturated carbocycles. The van der Waals surface area contributed by atoms with Gasteiger partial charge in [-0.3, -0.25) is 4.79 Å². The van der Waals surface area contributed by atoms with E-state index >= 15 is 0 Å². The van der Waals surface area contributed by atoms with Gasteiger partial charge < -0.3 is 10.5 Å². The molecule has 84 valence electrons. The molecule has 2 N–H and O–H groups in total. The third-order valence-electron chi connectivity index (χ3n) is 1.75. The lowest BCUT2D eigenvalue weighted by Gasteiger charge is -2.11. The van der Waals surface area contributed by atoms with Crippen LogP contribution >= 0.6 is 39.9 Å². The van der Waals surface area contributed by atoms with E-state index < -0.39 is 12.0 Å². The van der Waals surface area contributed by atoms with Crippen LogP contribution in [0.4, 0.5) is 0 Å². The Morgan fingerprint density at radius 3 is 2.73 bits per heavy atom. The van der Waals surface area contributed by atoms with Crippen molar-refractivity contribution < 1.29 is 9.53 Å². The van der Waals surface area contributed by atoms with Gasteiger partial charge in [-0.25, -0.2) is 0 Å². The molecule has 0 saturated heterocycles. The number of hydrogen-bond acceptors (Lipinski definition) is 3. The molecule has 0 aliphatic heterocycles. The van der Waals surface area contributed by atoms with Crippen LogP contribution in [0.2, 0.25) is 5.02 Å². The van der Waals surface area contributed by atoms with Crippen LogP contribution in [0.25, 0.3) is 0 Å². The number of carbonyl (C=O) groups excluding carboxylic acids is 1. The quantitative estimate of drug-likeness (QED) is 0.854. The monoisotopic (exact) mass is 313 g/mol. The normalized spacial score (nSPS) is 11.5. The van der Waals surface area contributed by atoms with Crippen molar-refractivity contribution in [2.75, 3.05) is 7.11 Å². The second kappa shape index (κ2) is 6.33. The number of hydrogen-bond donors (Lipinski definition) is 1. The molecule has 0 unspecified atom stereocenters. The van der Waals surface area contributed by atoms with E-state index in [1.165, 1.54) is 7.11 Å². The van der Waals surface area contributed by atoms with Crippen molar-refractivity contribution in [2.45, 2.75) is 6.04 Å². The topological polar surface area (TPSA) is 52.3 Å². The number of carbonyl (C=O) groups is 1. The van der Waals surface area contributed by atoms with Crippen molar-refractivity contribution in [3.05, 3.63) is 33.3 Å². The van der Waals surface area contributed by atoms with Crippen molar-refractivity contribution in [3.63, 3.8) is 0 Å². The Balaban J connectivity index is 0.00000196. The molecule has 1 rings (SSSR count). The van der Waals surface area contributed by atoms with Gasteiger partial charge in [0.15, 0.2) is 0 Å². The molecular formula is C9H10BrCl2NO2. The third kappa shape index (κ3) is 3.65. The molecule has 0 bridgehead atoms. The molecule has 0 aliphatic rings. The maximum absolute atomic E-state index is 11.2. The summed E-state index contributed by atoms with van der Waals surface area (Å²) in [5.41, 5.74) is 6.27. The van der Waals surface area contributed by atoms with Gasteiger partial charge in [0, 0.05) is 9.50 Å². The van der Waals surface area contributed by atoms with Gasteiger partial charge in [0.2, 0.25) is 0 Å². The van der Waals surface area contributed by atoms with Crippen LogP contribution in [0.5, 0.6) is 0 Å². The van der Waals surface area contributed by atoms with Crippen LogP contribution in [0.3, 0.4) is 0 Å². The van der Waals surface area contributed by atoms with Crippen LogP contribution in [0, 0.1) is 0 Å². The SMILES string of the molecule is COC(=O)[C@@H](N)c1cc(Cl)ccc1Br.Cl. The minimum Gasteiger partial charge on any atom is -0.468 e. The summed E-state index contributed by atoms with van der Waals surface area (Å²) in [6.07, 6.45) is 0. The Hall–Kier alpha value is -0.290. The van der Waals surface area contributed by atoms with Crippen LogP contribution in [0.15, 0.2) is 22.7 Å². The van der Waals surface area contributed by atoms with Gasteiger partial charge in [-0.1, -0.05) is 27.5 Å². The summed E-state index contributed by atoms with van der Waals surface area (Å²) >= 11 is 9.06. The maximum atomic E-state index is 11.2. The van der Waals surface area contributed by atoms with Crippen molar-refractivity contribution in [1.82, 2.24) is 0 Å². The summed E-state index contributed by atoms with van der Waals surface area (Å²) < 4.78 is 5.27.